The molecular formula is C17H17Cl2N3O2S. The predicted molar refractivity (Wildman–Crippen MR) is 103 cm³/mol. The van der Waals surface area contributed by atoms with Gasteiger partial charge in [0.05, 0.1) is 21.0 Å². The van der Waals surface area contributed by atoms with Crippen LogP contribution < -0.4 is 10.6 Å². The maximum Gasteiger partial charge on any atom is 0.322 e. The van der Waals surface area contributed by atoms with Crippen LogP contribution in [0.1, 0.15) is 12.8 Å². The normalized spacial score (nSPS) is 17.2. The van der Waals surface area contributed by atoms with Crippen LogP contribution in [0.2, 0.25) is 10.0 Å². The molecule has 2 heterocycles. The van der Waals surface area contributed by atoms with Crippen LogP contribution in [0.3, 0.4) is 0 Å². The second-order valence-corrected chi connectivity index (χ2v) is 7.57. The molecular weight excluding hydrogens is 381 g/mol. The van der Waals surface area contributed by atoms with E-state index in [0.29, 0.717) is 28.8 Å². The maximum atomic E-state index is 12.5. The average Bonchev–Trinajstić information content (AvgIpc) is 3.11. The van der Waals surface area contributed by atoms with Crippen molar-refractivity contribution in [1.82, 2.24) is 4.90 Å². The molecule has 2 N–H and O–H groups in total. The molecule has 0 radical (unpaired) electrons. The summed E-state index contributed by atoms with van der Waals surface area (Å²) in [5, 5.41) is 9.23. The molecule has 0 spiro atoms. The Hall–Kier alpha value is -1.76. The summed E-state index contributed by atoms with van der Waals surface area (Å²) < 4.78 is 0. The zero-order valence-electron chi connectivity index (χ0n) is 13.3. The number of hydrogen-bond acceptors (Lipinski definition) is 3. The molecule has 8 heteroatoms. The van der Waals surface area contributed by atoms with E-state index in [1.54, 1.807) is 23.1 Å². The third-order valence-corrected chi connectivity index (χ3v) is 5.54. The molecule has 0 aliphatic carbocycles. The molecule has 3 amide bonds. The number of carbonyl (C=O) groups excluding carboxylic acids is 2. The third-order valence-electron chi connectivity index (χ3n) is 4.02. The number of nitrogens with one attached hydrogen (secondary N) is 2. The van der Waals surface area contributed by atoms with Gasteiger partial charge >= 0.3 is 6.03 Å². The lowest BCUT2D eigenvalue weighted by Crippen LogP contribution is -2.45. The lowest BCUT2D eigenvalue weighted by Gasteiger charge is -2.31. The Morgan fingerprint density at radius 1 is 1.16 bits per heavy atom. The van der Waals surface area contributed by atoms with Crippen LogP contribution >= 0.6 is 34.5 Å². The number of amides is 3. The van der Waals surface area contributed by atoms with Crippen molar-refractivity contribution in [2.45, 2.75) is 12.8 Å². The molecule has 1 unspecified atom stereocenters. The topological polar surface area (TPSA) is 61.4 Å². The summed E-state index contributed by atoms with van der Waals surface area (Å²) >= 11 is 13.3. The number of carbonyl (C=O) groups is 2. The molecule has 1 aromatic heterocycles. The van der Waals surface area contributed by atoms with Gasteiger partial charge in [-0.05, 0) is 48.6 Å². The standard InChI is InChI=1S/C17H17Cl2N3O2S/c18-13-6-5-12(9-14(13)19)20-16(23)11-3-1-7-22(10-11)17(24)21-15-4-2-8-25-15/h2,4-6,8-9,11H,1,3,7,10H2,(H,20,23)(H,21,24). The van der Waals surface area contributed by atoms with Crippen molar-refractivity contribution in [3.8, 4) is 0 Å². The van der Waals surface area contributed by atoms with Crippen molar-refractivity contribution in [3.05, 3.63) is 45.8 Å². The van der Waals surface area contributed by atoms with E-state index >= 15 is 0 Å². The van der Waals surface area contributed by atoms with Gasteiger partial charge in [0.15, 0.2) is 0 Å². The summed E-state index contributed by atoms with van der Waals surface area (Å²) in [5.41, 5.74) is 0.597. The van der Waals surface area contributed by atoms with Crippen molar-refractivity contribution in [2.24, 2.45) is 5.92 Å². The molecule has 1 aromatic carbocycles. The molecule has 0 saturated carbocycles. The zero-order chi connectivity index (χ0) is 17.8. The number of nitrogens with zero attached hydrogens (tertiary/aromatic N) is 1. The number of urea groups is 1. The molecule has 1 aliphatic rings. The molecule has 1 fully saturated rings. The van der Waals surface area contributed by atoms with E-state index in [0.717, 1.165) is 17.8 Å². The highest BCUT2D eigenvalue weighted by Crippen LogP contribution is 2.26. The first-order valence-corrected chi connectivity index (χ1v) is 9.52. The number of rotatable bonds is 3. The van der Waals surface area contributed by atoms with E-state index in [1.165, 1.54) is 11.3 Å². The van der Waals surface area contributed by atoms with Crippen molar-refractivity contribution >= 4 is 57.2 Å². The van der Waals surface area contributed by atoms with Crippen LogP contribution in [0.4, 0.5) is 15.5 Å². The van der Waals surface area contributed by atoms with E-state index in [2.05, 4.69) is 10.6 Å². The molecule has 25 heavy (non-hydrogen) atoms. The minimum atomic E-state index is -0.253. The number of hydrogen-bond donors (Lipinski definition) is 2. The Labute approximate surface area is 159 Å². The van der Waals surface area contributed by atoms with Crippen molar-refractivity contribution in [1.29, 1.82) is 0 Å². The first-order valence-electron chi connectivity index (χ1n) is 7.88. The number of likely N-dealkylation sites (tertiary alicyclic amines) is 1. The van der Waals surface area contributed by atoms with E-state index in [-0.39, 0.29) is 17.9 Å². The number of piperidine rings is 1. The summed E-state index contributed by atoms with van der Waals surface area (Å²) in [6.45, 7) is 1.04. The summed E-state index contributed by atoms with van der Waals surface area (Å²) in [4.78, 5) is 26.5. The van der Waals surface area contributed by atoms with Gasteiger partial charge in [-0.25, -0.2) is 4.79 Å². The number of thiophene rings is 1. The molecule has 2 aromatic rings. The highest BCUT2D eigenvalue weighted by Gasteiger charge is 2.28. The third kappa shape index (κ3) is 4.66. The monoisotopic (exact) mass is 397 g/mol. The van der Waals surface area contributed by atoms with Gasteiger partial charge in [0.25, 0.3) is 0 Å². The van der Waals surface area contributed by atoms with Gasteiger partial charge in [0, 0.05) is 18.8 Å². The van der Waals surface area contributed by atoms with Gasteiger partial charge in [-0.2, -0.15) is 0 Å². The molecule has 0 bridgehead atoms. The van der Waals surface area contributed by atoms with Gasteiger partial charge in [-0.1, -0.05) is 23.2 Å². The Morgan fingerprint density at radius 2 is 2.00 bits per heavy atom. The fraction of sp³-hybridized carbons (Fsp3) is 0.294. The zero-order valence-corrected chi connectivity index (χ0v) is 15.6. The maximum absolute atomic E-state index is 12.5. The average molecular weight is 398 g/mol. The highest BCUT2D eigenvalue weighted by molar-refractivity contribution is 7.14. The Balaban J connectivity index is 1.59. The highest BCUT2D eigenvalue weighted by atomic mass is 35.5. The van der Waals surface area contributed by atoms with E-state index in [9.17, 15) is 9.59 Å². The summed E-state index contributed by atoms with van der Waals surface area (Å²) in [5.74, 6) is -0.371. The van der Waals surface area contributed by atoms with E-state index in [4.69, 9.17) is 23.2 Å². The molecule has 1 aliphatic heterocycles. The van der Waals surface area contributed by atoms with Crippen LogP contribution in [0, 0.1) is 5.92 Å². The Bertz CT molecular complexity index is 767. The largest absolute Gasteiger partial charge is 0.326 e. The van der Waals surface area contributed by atoms with Crippen molar-refractivity contribution in [3.63, 3.8) is 0 Å². The molecule has 3 rings (SSSR count). The van der Waals surface area contributed by atoms with Gasteiger partial charge in [0.1, 0.15) is 0 Å². The van der Waals surface area contributed by atoms with Gasteiger partial charge in [-0.15, -0.1) is 11.3 Å². The van der Waals surface area contributed by atoms with Crippen molar-refractivity contribution < 1.29 is 9.59 Å². The Morgan fingerprint density at radius 3 is 2.72 bits per heavy atom. The van der Waals surface area contributed by atoms with E-state index in [1.807, 2.05) is 17.5 Å². The number of anilines is 2. The lowest BCUT2D eigenvalue weighted by atomic mass is 9.97. The first kappa shape index (κ1) is 18.0. The smallest absolute Gasteiger partial charge is 0.322 e. The SMILES string of the molecule is O=C(Nc1ccc(Cl)c(Cl)c1)C1CCCN(C(=O)Nc2cccs2)C1. The lowest BCUT2D eigenvalue weighted by molar-refractivity contribution is -0.121. The minimum Gasteiger partial charge on any atom is -0.326 e. The van der Waals surface area contributed by atoms with Gasteiger partial charge in [0.2, 0.25) is 5.91 Å². The van der Waals surface area contributed by atoms with Crippen LogP contribution in [0.5, 0.6) is 0 Å². The predicted octanol–water partition coefficient (Wildman–Crippen LogP) is 4.94. The molecule has 5 nitrogen and oxygen atoms in total. The van der Waals surface area contributed by atoms with Gasteiger partial charge in [-0.3, -0.25) is 10.1 Å². The first-order chi connectivity index (χ1) is 12.0. The summed E-state index contributed by atoms with van der Waals surface area (Å²) in [6, 6.07) is 8.52. The van der Waals surface area contributed by atoms with Crippen molar-refractivity contribution in [2.75, 3.05) is 23.7 Å². The summed E-state index contributed by atoms with van der Waals surface area (Å²) in [6.07, 6.45) is 1.53. The molecule has 1 saturated heterocycles. The fourth-order valence-corrected chi connectivity index (χ4v) is 3.63. The quantitative estimate of drug-likeness (QED) is 0.770. The Kier molecular flexibility index (Phi) is 5.83. The van der Waals surface area contributed by atoms with Crippen LogP contribution in [0.15, 0.2) is 35.7 Å². The number of benzene rings is 1. The minimum absolute atomic E-state index is 0.119. The fourth-order valence-electron chi connectivity index (χ4n) is 2.73. The number of halogens is 2. The van der Waals surface area contributed by atoms with Crippen LogP contribution in [-0.4, -0.2) is 29.9 Å². The van der Waals surface area contributed by atoms with Crippen LogP contribution in [-0.2, 0) is 4.79 Å². The van der Waals surface area contributed by atoms with Crippen LogP contribution in [0.25, 0.3) is 0 Å². The second kappa shape index (κ2) is 8.08. The van der Waals surface area contributed by atoms with Gasteiger partial charge < -0.3 is 10.2 Å². The van der Waals surface area contributed by atoms with E-state index < -0.39 is 0 Å². The molecule has 132 valence electrons. The molecule has 1 atom stereocenters. The summed E-state index contributed by atoms with van der Waals surface area (Å²) in [7, 11) is 0. The second-order valence-electron chi connectivity index (χ2n) is 5.81.